The fraction of sp³-hybridized carbons (Fsp3) is 0.208. The molecule has 8 heteroatoms. The smallest absolute Gasteiger partial charge is 0.229 e. The molecule has 164 valence electrons. The zero-order chi connectivity index (χ0) is 22.3. The number of halogens is 1. The molecule has 0 fully saturated rings. The van der Waals surface area contributed by atoms with E-state index >= 15 is 0 Å². The van der Waals surface area contributed by atoms with Crippen molar-refractivity contribution in [3.05, 3.63) is 77.6 Å². The van der Waals surface area contributed by atoms with Crippen LogP contribution in [0.25, 0.3) is 10.2 Å². The number of amides is 1. The van der Waals surface area contributed by atoms with Crippen molar-refractivity contribution in [1.82, 2.24) is 9.97 Å². The Bertz CT molecular complexity index is 1180. The fourth-order valence-electron chi connectivity index (χ4n) is 3.16. The molecule has 0 saturated carbocycles. The summed E-state index contributed by atoms with van der Waals surface area (Å²) in [6.45, 7) is 0.378. The van der Waals surface area contributed by atoms with Gasteiger partial charge in [-0.15, -0.1) is 11.8 Å². The molecular formula is C24H22ClN3O2S2. The molecule has 4 aromatic rings. The highest BCUT2D eigenvalue weighted by Gasteiger charge is 2.21. The van der Waals surface area contributed by atoms with Gasteiger partial charge in [0.2, 0.25) is 5.91 Å². The van der Waals surface area contributed by atoms with E-state index in [1.165, 1.54) is 11.3 Å². The van der Waals surface area contributed by atoms with Crippen molar-refractivity contribution in [2.45, 2.75) is 24.3 Å². The molecule has 2 heterocycles. The number of benzene rings is 2. The molecule has 4 rings (SSSR count). The van der Waals surface area contributed by atoms with Crippen LogP contribution >= 0.6 is 34.7 Å². The molecular weight excluding hydrogens is 462 g/mol. The van der Waals surface area contributed by atoms with Gasteiger partial charge in [0.15, 0.2) is 5.13 Å². The normalized spacial score (nSPS) is 10.9. The first-order chi connectivity index (χ1) is 15.6. The fourth-order valence-corrected chi connectivity index (χ4v) is 5.29. The van der Waals surface area contributed by atoms with Crippen molar-refractivity contribution >= 4 is 56.0 Å². The second-order valence-corrected chi connectivity index (χ2v) is 9.60. The van der Waals surface area contributed by atoms with Crippen LogP contribution in [-0.2, 0) is 11.3 Å². The van der Waals surface area contributed by atoms with Gasteiger partial charge in [0, 0.05) is 17.5 Å². The maximum Gasteiger partial charge on any atom is 0.229 e. The number of methoxy groups -OCH3 is 1. The summed E-state index contributed by atoms with van der Waals surface area (Å²) in [5, 5.41) is 1.23. The number of anilines is 1. The molecule has 0 atom stereocenters. The monoisotopic (exact) mass is 483 g/mol. The molecule has 0 bridgehead atoms. The third kappa shape index (κ3) is 5.59. The molecule has 2 aromatic carbocycles. The van der Waals surface area contributed by atoms with E-state index < -0.39 is 0 Å². The van der Waals surface area contributed by atoms with Crippen LogP contribution in [0.15, 0.2) is 71.8 Å². The van der Waals surface area contributed by atoms with E-state index in [1.807, 2.05) is 60.7 Å². The van der Waals surface area contributed by atoms with Gasteiger partial charge in [0.1, 0.15) is 11.3 Å². The topological polar surface area (TPSA) is 55.3 Å². The Morgan fingerprint density at radius 3 is 2.69 bits per heavy atom. The van der Waals surface area contributed by atoms with Crippen molar-refractivity contribution in [3.63, 3.8) is 0 Å². The van der Waals surface area contributed by atoms with Gasteiger partial charge in [-0.2, -0.15) is 0 Å². The first-order valence-electron chi connectivity index (χ1n) is 10.2. The van der Waals surface area contributed by atoms with E-state index in [-0.39, 0.29) is 5.91 Å². The summed E-state index contributed by atoms with van der Waals surface area (Å²) in [6, 6.07) is 19.3. The Morgan fingerprint density at radius 2 is 1.97 bits per heavy atom. The van der Waals surface area contributed by atoms with Crippen molar-refractivity contribution < 1.29 is 9.53 Å². The van der Waals surface area contributed by atoms with E-state index in [1.54, 1.807) is 30.0 Å². The molecule has 0 aliphatic heterocycles. The Labute approximate surface area is 200 Å². The molecule has 32 heavy (non-hydrogen) atoms. The van der Waals surface area contributed by atoms with Gasteiger partial charge in [-0.25, -0.2) is 4.98 Å². The summed E-state index contributed by atoms with van der Waals surface area (Å²) in [5.41, 5.74) is 1.54. The molecule has 0 N–H and O–H groups in total. The Kier molecular flexibility index (Phi) is 7.63. The third-order valence-corrected chi connectivity index (χ3v) is 7.25. The quantitative estimate of drug-likeness (QED) is 0.202. The minimum atomic E-state index is 0.0289. The summed E-state index contributed by atoms with van der Waals surface area (Å²) >= 11 is 9.51. The van der Waals surface area contributed by atoms with Gasteiger partial charge < -0.3 is 4.74 Å². The minimum Gasteiger partial charge on any atom is -0.497 e. The number of hydrogen-bond donors (Lipinski definition) is 0. The van der Waals surface area contributed by atoms with Crippen molar-refractivity contribution in [2.24, 2.45) is 0 Å². The van der Waals surface area contributed by atoms with Crippen molar-refractivity contribution in [3.8, 4) is 5.75 Å². The van der Waals surface area contributed by atoms with E-state index in [0.29, 0.717) is 23.1 Å². The number of rotatable bonds is 9. The Hall–Kier alpha value is -2.61. The lowest BCUT2D eigenvalue weighted by molar-refractivity contribution is -0.118. The van der Waals surface area contributed by atoms with Crippen LogP contribution in [-0.4, -0.2) is 28.7 Å². The highest BCUT2D eigenvalue weighted by atomic mass is 35.5. The summed E-state index contributed by atoms with van der Waals surface area (Å²) < 4.78 is 6.15. The number of aromatic nitrogens is 2. The van der Waals surface area contributed by atoms with Crippen molar-refractivity contribution in [1.29, 1.82) is 0 Å². The SMILES string of the molecule is COc1ccc(SCCCC(=O)N(Cc2ccccn2)c2nc3c(Cl)cccc3s2)cc1. The standard InChI is InChI=1S/C24H22ClN3O2S2/c1-30-18-10-12-19(13-11-18)31-15-5-9-22(29)28(16-17-6-2-3-14-26-17)24-27-23-20(25)7-4-8-21(23)32-24/h2-4,6-8,10-14H,5,9,15-16H2,1H3. The van der Waals surface area contributed by atoms with E-state index in [2.05, 4.69) is 9.97 Å². The molecule has 5 nitrogen and oxygen atoms in total. The number of thiazole rings is 1. The van der Waals surface area contributed by atoms with Gasteiger partial charge in [-0.3, -0.25) is 14.7 Å². The maximum absolute atomic E-state index is 13.2. The molecule has 1 amide bonds. The number of carbonyl (C=O) groups is 1. The zero-order valence-corrected chi connectivity index (χ0v) is 19.9. The largest absolute Gasteiger partial charge is 0.497 e. The van der Waals surface area contributed by atoms with Gasteiger partial charge in [-0.1, -0.05) is 35.1 Å². The Morgan fingerprint density at radius 1 is 1.12 bits per heavy atom. The van der Waals surface area contributed by atoms with Crippen molar-refractivity contribution in [2.75, 3.05) is 17.8 Å². The van der Waals surface area contributed by atoms with Crippen LogP contribution in [0.1, 0.15) is 18.5 Å². The summed E-state index contributed by atoms with van der Waals surface area (Å²) in [6.07, 6.45) is 2.93. The van der Waals surface area contributed by atoms with E-state index in [0.717, 1.165) is 38.7 Å². The lowest BCUT2D eigenvalue weighted by atomic mass is 10.2. The highest BCUT2D eigenvalue weighted by molar-refractivity contribution is 7.99. The molecule has 0 unspecified atom stereocenters. The third-order valence-electron chi connectivity index (χ3n) is 4.80. The number of fused-ring (bicyclic) bond motifs is 1. The predicted octanol–water partition coefficient (Wildman–Crippen LogP) is 6.46. The number of nitrogens with zero attached hydrogens (tertiary/aromatic N) is 3. The van der Waals surface area contributed by atoms with Crippen LogP contribution in [0, 0.1) is 0 Å². The van der Waals surface area contributed by atoms with Crippen LogP contribution < -0.4 is 9.64 Å². The average molecular weight is 484 g/mol. The molecule has 0 saturated heterocycles. The number of thioether (sulfide) groups is 1. The maximum atomic E-state index is 13.2. The van der Waals surface area contributed by atoms with Gasteiger partial charge in [0.25, 0.3) is 0 Å². The first kappa shape index (κ1) is 22.6. The predicted molar refractivity (Wildman–Crippen MR) is 133 cm³/mol. The van der Waals surface area contributed by atoms with Crippen LogP contribution in [0.2, 0.25) is 5.02 Å². The lowest BCUT2D eigenvalue weighted by Gasteiger charge is -2.19. The van der Waals surface area contributed by atoms with Crippen LogP contribution in [0.5, 0.6) is 5.75 Å². The Balaban J connectivity index is 1.44. The highest BCUT2D eigenvalue weighted by Crippen LogP contribution is 2.34. The molecule has 0 aliphatic carbocycles. The first-order valence-corrected chi connectivity index (χ1v) is 12.3. The molecule has 0 radical (unpaired) electrons. The average Bonchev–Trinajstić information content (AvgIpc) is 3.26. The zero-order valence-electron chi connectivity index (χ0n) is 17.5. The second kappa shape index (κ2) is 10.8. The van der Waals surface area contributed by atoms with Crippen LogP contribution in [0.3, 0.4) is 0 Å². The van der Waals surface area contributed by atoms with Gasteiger partial charge in [-0.05, 0) is 60.7 Å². The van der Waals surface area contributed by atoms with Gasteiger partial charge in [0.05, 0.1) is 29.1 Å². The number of para-hydroxylation sites is 1. The minimum absolute atomic E-state index is 0.0289. The van der Waals surface area contributed by atoms with E-state index in [9.17, 15) is 4.79 Å². The summed E-state index contributed by atoms with van der Waals surface area (Å²) in [5.74, 6) is 1.72. The lowest BCUT2D eigenvalue weighted by Crippen LogP contribution is -2.30. The molecule has 0 aliphatic rings. The molecule has 2 aromatic heterocycles. The molecule has 0 spiro atoms. The van der Waals surface area contributed by atoms with E-state index in [4.69, 9.17) is 16.3 Å². The number of hydrogen-bond acceptors (Lipinski definition) is 6. The number of pyridine rings is 1. The second-order valence-electron chi connectivity index (χ2n) is 7.01. The number of carbonyl (C=O) groups excluding carboxylic acids is 1. The van der Waals surface area contributed by atoms with Crippen LogP contribution in [0.4, 0.5) is 5.13 Å². The van der Waals surface area contributed by atoms with Gasteiger partial charge >= 0.3 is 0 Å². The summed E-state index contributed by atoms with van der Waals surface area (Å²) in [4.78, 5) is 25.2. The number of ether oxygens (including phenoxy) is 1. The summed E-state index contributed by atoms with van der Waals surface area (Å²) in [7, 11) is 1.66.